The SMILES string of the molecule is Nc1cnn(CCNC(=O)NC2CCC2)c1. The van der Waals surface area contributed by atoms with Gasteiger partial charge in [-0.1, -0.05) is 0 Å². The largest absolute Gasteiger partial charge is 0.396 e. The predicted molar refractivity (Wildman–Crippen MR) is 60.8 cm³/mol. The first-order valence-corrected chi connectivity index (χ1v) is 5.56. The minimum Gasteiger partial charge on any atom is -0.396 e. The highest BCUT2D eigenvalue weighted by Gasteiger charge is 2.18. The number of urea groups is 1. The van der Waals surface area contributed by atoms with Crippen molar-refractivity contribution in [1.29, 1.82) is 0 Å². The van der Waals surface area contributed by atoms with E-state index in [0.29, 0.717) is 24.8 Å². The number of nitrogens with two attached hydrogens (primary N) is 1. The lowest BCUT2D eigenvalue weighted by Crippen LogP contribution is -2.45. The number of rotatable bonds is 4. The van der Waals surface area contributed by atoms with Crippen LogP contribution in [-0.2, 0) is 6.54 Å². The van der Waals surface area contributed by atoms with Crippen LogP contribution in [0, 0.1) is 0 Å². The molecule has 0 spiro atoms. The molecule has 0 atom stereocenters. The Morgan fingerprint density at radius 3 is 3.00 bits per heavy atom. The molecule has 2 rings (SSSR count). The number of anilines is 1. The summed E-state index contributed by atoms with van der Waals surface area (Å²) < 4.78 is 1.71. The topological polar surface area (TPSA) is 85.0 Å². The van der Waals surface area contributed by atoms with E-state index < -0.39 is 0 Å². The van der Waals surface area contributed by atoms with E-state index in [4.69, 9.17) is 5.73 Å². The lowest BCUT2D eigenvalue weighted by molar-refractivity contribution is 0.228. The van der Waals surface area contributed by atoms with Crippen LogP contribution in [0.25, 0.3) is 0 Å². The van der Waals surface area contributed by atoms with Crippen molar-refractivity contribution in [1.82, 2.24) is 20.4 Å². The molecular weight excluding hydrogens is 206 g/mol. The van der Waals surface area contributed by atoms with E-state index >= 15 is 0 Å². The van der Waals surface area contributed by atoms with E-state index in [-0.39, 0.29) is 6.03 Å². The van der Waals surface area contributed by atoms with E-state index in [1.807, 2.05) is 0 Å². The summed E-state index contributed by atoms with van der Waals surface area (Å²) in [5.41, 5.74) is 6.16. The Hall–Kier alpha value is -1.72. The Labute approximate surface area is 94.2 Å². The van der Waals surface area contributed by atoms with Gasteiger partial charge in [0.15, 0.2) is 0 Å². The zero-order valence-corrected chi connectivity index (χ0v) is 9.15. The second-order valence-electron chi connectivity index (χ2n) is 4.06. The molecule has 0 radical (unpaired) electrons. The van der Waals surface area contributed by atoms with Crippen molar-refractivity contribution in [2.24, 2.45) is 0 Å². The summed E-state index contributed by atoms with van der Waals surface area (Å²) in [5, 5.41) is 9.71. The van der Waals surface area contributed by atoms with Gasteiger partial charge in [0, 0.05) is 18.8 Å². The molecule has 1 aliphatic rings. The summed E-state index contributed by atoms with van der Waals surface area (Å²) >= 11 is 0. The van der Waals surface area contributed by atoms with Crippen LogP contribution in [0.5, 0.6) is 0 Å². The van der Waals surface area contributed by atoms with Gasteiger partial charge in [0.25, 0.3) is 0 Å². The van der Waals surface area contributed by atoms with Gasteiger partial charge in [0.05, 0.1) is 18.4 Å². The second-order valence-corrected chi connectivity index (χ2v) is 4.06. The van der Waals surface area contributed by atoms with Gasteiger partial charge >= 0.3 is 6.03 Å². The third-order valence-electron chi connectivity index (χ3n) is 2.72. The molecule has 0 aliphatic heterocycles. The highest BCUT2D eigenvalue weighted by atomic mass is 16.2. The minimum atomic E-state index is -0.0928. The fraction of sp³-hybridized carbons (Fsp3) is 0.600. The van der Waals surface area contributed by atoms with Gasteiger partial charge in [-0.25, -0.2) is 4.79 Å². The third-order valence-corrected chi connectivity index (χ3v) is 2.72. The van der Waals surface area contributed by atoms with Crippen molar-refractivity contribution < 1.29 is 4.79 Å². The van der Waals surface area contributed by atoms with Crippen molar-refractivity contribution in [3.05, 3.63) is 12.4 Å². The molecule has 88 valence electrons. The Kier molecular flexibility index (Phi) is 3.28. The molecule has 4 N–H and O–H groups in total. The summed E-state index contributed by atoms with van der Waals surface area (Å²) in [5.74, 6) is 0. The maximum Gasteiger partial charge on any atom is 0.315 e. The van der Waals surface area contributed by atoms with Crippen molar-refractivity contribution >= 4 is 11.7 Å². The molecule has 6 nitrogen and oxygen atoms in total. The number of carbonyl (C=O) groups is 1. The first-order chi connectivity index (χ1) is 7.74. The van der Waals surface area contributed by atoms with Crippen molar-refractivity contribution in [2.45, 2.75) is 31.8 Å². The van der Waals surface area contributed by atoms with E-state index in [9.17, 15) is 4.79 Å². The fourth-order valence-electron chi connectivity index (χ4n) is 1.57. The van der Waals surface area contributed by atoms with Gasteiger partial charge in [-0.05, 0) is 19.3 Å². The zero-order valence-electron chi connectivity index (χ0n) is 9.15. The smallest absolute Gasteiger partial charge is 0.315 e. The van der Waals surface area contributed by atoms with Crippen LogP contribution in [0.3, 0.4) is 0 Å². The van der Waals surface area contributed by atoms with Crippen LogP contribution in [0.1, 0.15) is 19.3 Å². The number of carbonyl (C=O) groups excluding carboxylic acids is 1. The maximum absolute atomic E-state index is 11.4. The Morgan fingerprint density at radius 2 is 2.44 bits per heavy atom. The number of aromatic nitrogens is 2. The van der Waals surface area contributed by atoms with Crippen LogP contribution < -0.4 is 16.4 Å². The number of nitrogens with one attached hydrogen (secondary N) is 2. The van der Waals surface area contributed by atoms with E-state index in [0.717, 1.165) is 12.8 Å². The van der Waals surface area contributed by atoms with Gasteiger partial charge in [0.1, 0.15) is 0 Å². The van der Waals surface area contributed by atoms with Gasteiger partial charge in [-0.3, -0.25) is 4.68 Å². The molecule has 16 heavy (non-hydrogen) atoms. The number of nitrogens with zero attached hydrogens (tertiary/aromatic N) is 2. The van der Waals surface area contributed by atoms with E-state index in [1.165, 1.54) is 6.42 Å². The van der Waals surface area contributed by atoms with Crippen LogP contribution >= 0.6 is 0 Å². The molecular formula is C10H17N5O. The minimum absolute atomic E-state index is 0.0928. The lowest BCUT2D eigenvalue weighted by Gasteiger charge is -2.26. The summed E-state index contributed by atoms with van der Waals surface area (Å²) in [6, 6.07) is 0.283. The monoisotopic (exact) mass is 223 g/mol. The Balaban J connectivity index is 1.61. The molecule has 2 amide bonds. The zero-order chi connectivity index (χ0) is 11.4. The number of hydrogen-bond donors (Lipinski definition) is 3. The number of hydrogen-bond acceptors (Lipinski definition) is 3. The van der Waals surface area contributed by atoms with Crippen LogP contribution in [0.2, 0.25) is 0 Å². The lowest BCUT2D eigenvalue weighted by atomic mass is 9.93. The highest BCUT2D eigenvalue weighted by molar-refractivity contribution is 5.74. The van der Waals surface area contributed by atoms with E-state index in [2.05, 4.69) is 15.7 Å². The maximum atomic E-state index is 11.4. The molecule has 0 unspecified atom stereocenters. The first kappa shape index (κ1) is 10.8. The molecule has 1 aliphatic carbocycles. The standard InChI is InChI=1S/C10H17N5O/c11-8-6-13-15(7-8)5-4-12-10(16)14-9-2-1-3-9/h6-7,9H,1-5,11H2,(H2,12,14,16). The molecule has 0 aromatic carbocycles. The van der Waals surface area contributed by atoms with Crippen molar-refractivity contribution in [3.63, 3.8) is 0 Å². The van der Waals surface area contributed by atoms with E-state index in [1.54, 1.807) is 17.1 Å². The van der Waals surface area contributed by atoms with Crippen LogP contribution in [0.15, 0.2) is 12.4 Å². The second kappa shape index (κ2) is 4.87. The normalized spacial score (nSPS) is 15.5. The average molecular weight is 223 g/mol. The molecule has 6 heteroatoms. The quantitative estimate of drug-likeness (QED) is 0.687. The van der Waals surface area contributed by atoms with Gasteiger partial charge < -0.3 is 16.4 Å². The molecule has 1 fully saturated rings. The van der Waals surface area contributed by atoms with Crippen LogP contribution in [-0.4, -0.2) is 28.4 Å². The molecule has 0 bridgehead atoms. The molecule has 1 heterocycles. The third kappa shape index (κ3) is 2.88. The number of nitrogen functional groups attached to an aromatic ring is 1. The van der Waals surface area contributed by atoms with Crippen molar-refractivity contribution in [2.75, 3.05) is 12.3 Å². The Bertz CT molecular complexity index is 358. The fourth-order valence-corrected chi connectivity index (χ4v) is 1.57. The summed E-state index contributed by atoms with van der Waals surface area (Å²) in [6.45, 7) is 1.19. The molecule has 1 aromatic heterocycles. The van der Waals surface area contributed by atoms with Gasteiger partial charge in [-0.2, -0.15) is 5.10 Å². The summed E-state index contributed by atoms with van der Waals surface area (Å²) in [7, 11) is 0. The molecule has 1 aromatic rings. The van der Waals surface area contributed by atoms with Gasteiger partial charge in [-0.15, -0.1) is 0 Å². The Morgan fingerprint density at radius 1 is 1.62 bits per heavy atom. The first-order valence-electron chi connectivity index (χ1n) is 5.56. The highest BCUT2D eigenvalue weighted by Crippen LogP contribution is 2.17. The predicted octanol–water partition coefficient (Wildman–Crippen LogP) is 0.317. The summed E-state index contributed by atoms with van der Waals surface area (Å²) in [4.78, 5) is 11.4. The average Bonchev–Trinajstić information content (AvgIpc) is 2.58. The summed E-state index contributed by atoms with van der Waals surface area (Å²) in [6.07, 6.45) is 6.75. The molecule has 0 saturated heterocycles. The number of amides is 2. The van der Waals surface area contributed by atoms with Gasteiger partial charge in [0.2, 0.25) is 0 Å². The van der Waals surface area contributed by atoms with Crippen molar-refractivity contribution in [3.8, 4) is 0 Å². The van der Waals surface area contributed by atoms with Crippen LogP contribution in [0.4, 0.5) is 10.5 Å². The molecule has 1 saturated carbocycles.